The summed E-state index contributed by atoms with van der Waals surface area (Å²) in [4.78, 5) is 15.7. The number of carbonyl (C=O) groups is 1. The molecule has 1 fully saturated rings. The van der Waals surface area contributed by atoms with E-state index in [0.717, 1.165) is 43.9 Å². The third kappa shape index (κ3) is 7.10. The quantitative estimate of drug-likeness (QED) is 0.411. The second-order valence-electron chi connectivity index (χ2n) is 7.45. The highest BCUT2D eigenvalue weighted by Gasteiger charge is 2.18. The first-order valence-corrected chi connectivity index (χ1v) is 11.6. The fourth-order valence-electron chi connectivity index (χ4n) is 3.43. The van der Waals surface area contributed by atoms with Gasteiger partial charge in [0.25, 0.3) is 0 Å². The smallest absolute Gasteiger partial charge is 0.244 e. The van der Waals surface area contributed by atoms with E-state index in [1.807, 2.05) is 30.3 Å². The third-order valence-electron chi connectivity index (χ3n) is 5.08. The minimum absolute atomic E-state index is 0.0557. The van der Waals surface area contributed by atoms with E-state index in [4.69, 9.17) is 5.21 Å². The van der Waals surface area contributed by atoms with Crippen molar-refractivity contribution < 1.29 is 18.4 Å². The number of hydrogen-bond donors (Lipinski definition) is 3. The Labute approximate surface area is 177 Å². The standard InChI is InChI=1S/C21H28N4O4S/c26-21(22-27)10-11-24-12-14-25(15-13-24)16-18-6-8-20(9-7-18)23-30(28,29)17-19-4-2-1-3-5-19/h1-9,23,27H,10-17H2,(H,22,26). The van der Waals surface area contributed by atoms with Gasteiger partial charge in [-0.3, -0.25) is 19.6 Å². The Morgan fingerprint density at radius 2 is 1.53 bits per heavy atom. The van der Waals surface area contributed by atoms with Crippen LogP contribution in [0.25, 0.3) is 0 Å². The van der Waals surface area contributed by atoms with Crippen LogP contribution in [0.5, 0.6) is 0 Å². The molecule has 1 amide bonds. The Morgan fingerprint density at radius 1 is 0.900 bits per heavy atom. The number of amides is 1. The van der Waals surface area contributed by atoms with Crippen LogP contribution < -0.4 is 10.2 Å². The van der Waals surface area contributed by atoms with Gasteiger partial charge in [0, 0.05) is 51.4 Å². The van der Waals surface area contributed by atoms with Crippen molar-refractivity contribution >= 4 is 21.6 Å². The van der Waals surface area contributed by atoms with Gasteiger partial charge in [-0.1, -0.05) is 42.5 Å². The van der Waals surface area contributed by atoms with Crippen LogP contribution in [0.2, 0.25) is 0 Å². The zero-order valence-electron chi connectivity index (χ0n) is 16.8. The largest absolute Gasteiger partial charge is 0.300 e. The molecule has 0 bridgehead atoms. The van der Waals surface area contributed by atoms with Crippen molar-refractivity contribution in [1.29, 1.82) is 0 Å². The molecule has 3 rings (SSSR count). The van der Waals surface area contributed by atoms with E-state index in [9.17, 15) is 13.2 Å². The predicted molar refractivity (Wildman–Crippen MR) is 115 cm³/mol. The van der Waals surface area contributed by atoms with E-state index in [0.29, 0.717) is 12.2 Å². The first-order valence-electron chi connectivity index (χ1n) is 9.94. The monoisotopic (exact) mass is 432 g/mol. The lowest BCUT2D eigenvalue weighted by Gasteiger charge is -2.34. The third-order valence-corrected chi connectivity index (χ3v) is 6.34. The van der Waals surface area contributed by atoms with Crippen LogP contribution in [0.3, 0.4) is 0 Å². The van der Waals surface area contributed by atoms with E-state index in [2.05, 4.69) is 14.5 Å². The van der Waals surface area contributed by atoms with E-state index < -0.39 is 10.0 Å². The Balaban J connectivity index is 1.45. The number of nitrogens with one attached hydrogen (secondary N) is 2. The number of anilines is 1. The van der Waals surface area contributed by atoms with Crippen LogP contribution in [0.1, 0.15) is 17.5 Å². The van der Waals surface area contributed by atoms with Crippen LogP contribution in [0.15, 0.2) is 54.6 Å². The lowest BCUT2D eigenvalue weighted by Crippen LogP contribution is -2.46. The minimum Gasteiger partial charge on any atom is -0.300 e. The van der Waals surface area contributed by atoms with Crippen LogP contribution in [-0.2, 0) is 27.1 Å². The first-order chi connectivity index (χ1) is 14.4. The Hall–Kier alpha value is -2.46. The highest BCUT2D eigenvalue weighted by Crippen LogP contribution is 2.16. The number of hydroxylamine groups is 1. The van der Waals surface area contributed by atoms with Gasteiger partial charge >= 0.3 is 0 Å². The van der Waals surface area contributed by atoms with E-state index in [1.165, 1.54) is 0 Å². The zero-order valence-corrected chi connectivity index (χ0v) is 17.6. The molecule has 0 spiro atoms. The maximum atomic E-state index is 12.4. The second kappa shape index (κ2) is 10.5. The summed E-state index contributed by atoms with van der Waals surface area (Å²) >= 11 is 0. The van der Waals surface area contributed by atoms with E-state index in [1.54, 1.807) is 29.7 Å². The average molecular weight is 433 g/mol. The Morgan fingerprint density at radius 3 is 2.17 bits per heavy atom. The summed E-state index contributed by atoms with van der Waals surface area (Å²) in [7, 11) is -3.46. The van der Waals surface area contributed by atoms with Crippen molar-refractivity contribution in [2.75, 3.05) is 37.4 Å². The highest BCUT2D eigenvalue weighted by molar-refractivity contribution is 7.91. The fourth-order valence-corrected chi connectivity index (χ4v) is 4.63. The summed E-state index contributed by atoms with van der Waals surface area (Å²) in [6.45, 7) is 4.96. The lowest BCUT2D eigenvalue weighted by atomic mass is 10.2. The van der Waals surface area contributed by atoms with Gasteiger partial charge in [0.05, 0.1) is 5.75 Å². The van der Waals surface area contributed by atoms with E-state index in [-0.39, 0.29) is 18.1 Å². The molecule has 8 nitrogen and oxygen atoms in total. The molecule has 2 aromatic carbocycles. The maximum absolute atomic E-state index is 12.4. The molecule has 0 aromatic heterocycles. The van der Waals surface area contributed by atoms with Gasteiger partial charge in [0.15, 0.2) is 0 Å². The van der Waals surface area contributed by atoms with Crippen LogP contribution in [0, 0.1) is 0 Å². The zero-order chi connectivity index (χ0) is 21.4. The number of carbonyl (C=O) groups excluding carboxylic acids is 1. The van der Waals surface area contributed by atoms with Crippen molar-refractivity contribution in [1.82, 2.24) is 15.3 Å². The van der Waals surface area contributed by atoms with Crippen LogP contribution in [0.4, 0.5) is 5.69 Å². The topological polar surface area (TPSA) is 102 Å². The number of piperazine rings is 1. The van der Waals surface area contributed by atoms with Crippen LogP contribution >= 0.6 is 0 Å². The Kier molecular flexibility index (Phi) is 7.81. The molecule has 0 unspecified atom stereocenters. The van der Waals surface area contributed by atoms with Crippen molar-refractivity contribution in [2.24, 2.45) is 0 Å². The number of sulfonamides is 1. The number of benzene rings is 2. The second-order valence-corrected chi connectivity index (χ2v) is 9.17. The first kappa shape index (κ1) is 22.2. The average Bonchev–Trinajstić information content (AvgIpc) is 2.74. The molecule has 9 heteroatoms. The SMILES string of the molecule is O=C(CCN1CCN(Cc2ccc(NS(=O)(=O)Cc3ccccc3)cc2)CC1)NO. The summed E-state index contributed by atoms with van der Waals surface area (Å²) in [6.07, 6.45) is 0.290. The summed E-state index contributed by atoms with van der Waals surface area (Å²) in [5.41, 5.74) is 4.08. The molecule has 30 heavy (non-hydrogen) atoms. The molecule has 2 aromatic rings. The molecular weight excluding hydrogens is 404 g/mol. The summed E-state index contributed by atoms with van der Waals surface area (Å²) in [6, 6.07) is 16.6. The van der Waals surface area contributed by atoms with Gasteiger partial charge < -0.3 is 4.90 Å². The van der Waals surface area contributed by atoms with Crippen LogP contribution in [-0.4, -0.2) is 62.1 Å². The molecule has 1 aliphatic heterocycles. The molecule has 162 valence electrons. The van der Waals surface area contributed by atoms with E-state index >= 15 is 0 Å². The molecule has 3 N–H and O–H groups in total. The van der Waals surface area contributed by atoms with Gasteiger partial charge in [-0.2, -0.15) is 0 Å². The molecule has 1 aliphatic rings. The number of nitrogens with zero attached hydrogens (tertiary/aromatic N) is 2. The molecule has 0 aliphatic carbocycles. The van der Waals surface area contributed by atoms with Gasteiger partial charge in [-0.15, -0.1) is 0 Å². The number of rotatable bonds is 9. The van der Waals surface area contributed by atoms with Gasteiger partial charge in [0.1, 0.15) is 0 Å². The number of hydrogen-bond acceptors (Lipinski definition) is 6. The molecule has 0 radical (unpaired) electrons. The normalized spacial score (nSPS) is 15.6. The minimum atomic E-state index is -3.46. The Bertz CT molecular complexity index is 912. The molecule has 1 heterocycles. The van der Waals surface area contributed by atoms with Gasteiger partial charge in [-0.05, 0) is 23.3 Å². The fraction of sp³-hybridized carbons (Fsp3) is 0.381. The maximum Gasteiger partial charge on any atom is 0.244 e. The molecule has 0 atom stereocenters. The summed E-state index contributed by atoms with van der Waals surface area (Å²) in [5, 5.41) is 8.55. The van der Waals surface area contributed by atoms with Crippen molar-refractivity contribution in [3.63, 3.8) is 0 Å². The summed E-state index contributed by atoms with van der Waals surface area (Å²) < 4.78 is 27.3. The van der Waals surface area contributed by atoms with Crippen molar-refractivity contribution in [3.05, 3.63) is 65.7 Å². The molecule has 0 saturated carbocycles. The summed E-state index contributed by atoms with van der Waals surface area (Å²) in [5.74, 6) is -0.420. The molecular formula is C21H28N4O4S. The lowest BCUT2D eigenvalue weighted by molar-refractivity contribution is -0.129. The van der Waals surface area contributed by atoms with Crippen molar-refractivity contribution in [2.45, 2.75) is 18.7 Å². The van der Waals surface area contributed by atoms with Gasteiger partial charge in [-0.25, -0.2) is 13.9 Å². The molecule has 1 saturated heterocycles. The predicted octanol–water partition coefficient (Wildman–Crippen LogP) is 1.64. The highest BCUT2D eigenvalue weighted by atomic mass is 32.2. The van der Waals surface area contributed by atoms with Gasteiger partial charge in [0.2, 0.25) is 15.9 Å². The van der Waals surface area contributed by atoms with Crippen molar-refractivity contribution in [3.8, 4) is 0 Å².